The summed E-state index contributed by atoms with van der Waals surface area (Å²) < 4.78 is 5.54. The van der Waals surface area contributed by atoms with E-state index in [2.05, 4.69) is 0 Å². The molecule has 92 valence electrons. The van der Waals surface area contributed by atoms with Gasteiger partial charge in [0, 0.05) is 0 Å². The van der Waals surface area contributed by atoms with Crippen LogP contribution >= 0.6 is 11.6 Å². The van der Waals surface area contributed by atoms with Gasteiger partial charge in [-0.25, -0.2) is 4.79 Å². The fraction of sp³-hybridized carbons (Fsp3) is 0.0714. The number of ether oxygens (including phenoxy) is 1. The Morgan fingerprint density at radius 2 is 1.89 bits per heavy atom. The molecule has 0 radical (unpaired) electrons. The maximum atomic E-state index is 10.8. The van der Waals surface area contributed by atoms with Gasteiger partial charge in [0.05, 0.1) is 10.6 Å². The van der Waals surface area contributed by atoms with Gasteiger partial charge in [0.15, 0.2) is 0 Å². The maximum Gasteiger partial charge on any atom is 0.337 e. The zero-order valence-electron chi connectivity index (χ0n) is 9.47. The minimum absolute atomic E-state index is 0.0973. The van der Waals surface area contributed by atoms with Crippen molar-refractivity contribution in [1.29, 1.82) is 0 Å². The Morgan fingerprint density at radius 1 is 1.17 bits per heavy atom. The zero-order chi connectivity index (χ0) is 13.0. The van der Waals surface area contributed by atoms with Crippen molar-refractivity contribution in [1.82, 2.24) is 0 Å². The van der Waals surface area contributed by atoms with Crippen molar-refractivity contribution in [2.45, 2.75) is 6.61 Å². The number of carbonyl (C=O) groups is 1. The van der Waals surface area contributed by atoms with Crippen molar-refractivity contribution >= 4 is 17.6 Å². The van der Waals surface area contributed by atoms with Crippen molar-refractivity contribution in [3.63, 3.8) is 0 Å². The fourth-order valence-electron chi connectivity index (χ4n) is 1.51. The molecule has 0 spiro atoms. The Morgan fingerprint density at radius 3 is 2.50 bits per heavy atom. The molecule has 0 aromatic heterocycles. The van der Waals surface area contributed by atoms with Crippen molar-refractivity contribution in [2.24, 2.45) is 0 Å². The zero-order valence-corrected chi connectivity index (χ0v) is 10.2. The van der Waals surface area contributed by atoms with Crippen LogP contribution in [0, 0.1) is 0 Å². The van der Waals surface area contributed by atoms with Gasteiger partial charge in [0.1, 0.15) is 12.4 Å². The van der Waals surface area contributed by atoms with Gasteiger partial charge in [-0.1, -0.05) is 35.9 Å². The molecule has 4 heteroatoms. The van der Waals surface area contributed by atoms with E-state index < -0.39 is 5.97 Å². The molecule has 0 heterocycles. The molecule has 2 aromatic carbocycles. The van der Waals surface area contributed by atoms with Crippen molar-refractivity contribution in [3.8, 4) is 5.75 Å². The Bertz CT molecular complexity index is 552. The van der Waals surface area contributed by atoms with Crippen LogP contribution in [0.1, 0.15) is 15.9 Å². The van der Waals surface area contributed by atoms with Gasteiger partial charge in [0.2, 0.25) is 0 Å². The molecule has 0 amide bonds. The van der Waals surface area contributed by atoms with Crippen LogP contribution in [0.5, 0.6) is 5.75 Å². The van der Waals surface area contributed by atoms with Crippen LogP contribution in [0.15, 0.2) is 48.5 Å². The highest BCUT2D eigenvalue weighted by Gasteiger charge is 2.08. The largest absolute Gasteiger partial charge is 0.489 e. The molecule has 0 saturated heterocycles. The van der Waals surface area contributed by atoms with Crippen LogP contribution in [-0.4, -0.2) is 11.1 Å². The van der Waals surface area contributed by atoms with Crippen LogP contribution in [0.25, 0.3) is 0 Å². The topological polar surface area (TPSA) is 46.5 Å². The second-order valence-corrected chi connectivity index (χ2v) is 4.13. The Hall–Kier alpha value is -2.00. The van der Waals surface area contributed by atoms with Crippen LogP contribution in [0.4, 0.5) is 0 Å². The molecule has 0 aliphatic carbocycles. The number of para-hydroxylation sites is 1. The lowest BCUT2D eigenvalue weighted by atomic mass is 10.1. The van der Waals surface area contributed by atoms with E-state index in [0.29, 0.717) is 6.61 Å². The van der Waals surface area contributed by atoms with Gasteiger partial charge in [-0.15, -0.1) is 0 Å². The lowest BCUT2D eigenvalue weighted by Crippen LogP contribution is -2.00. The number of hydrogen-bond donors (Lipinski definition) is 1. The second-order valence-electron chi connectivity index (χ2n) is 3.72. The number of aromatic carboxylic acids is 1. The number of carboxylic acid groups (broad SMARTS) is 1. The quantitative estimate of drug-likeness (QED) is 0.915. The standard InChI is InChI=1S/C14H11ClO3/c15-13-8-10(6-7-12(13)14(16)17)9-18-11-4-2-1-3-5-11/h1-8H,9H2,(H,16,17). The van der Waals surface area contributed by atoms with Crippen molar-refractivity contribution in [3.05, 3.63) is 64.7 Å². The van der Waals surface area contributed by atoms with Gasteiger partial charge in [-0.05, 0) is 29.8 Å². The van der Waals surface area contributed by atoms with Gasteiger partial charge in [0.25, 0.3) is 0 Å². The SMILES string of the molecule is O=C(O)c1ccc(COc2ccccc2)cc1Cl. The molecule has 0 aliphatic heterocycles. The molecule has 3 nitrogen and oxygen atoms in total. The van der Waals surface area contributed by atoms with Crippen LogP contribution in [0.2, 0.25) is 5.02 Å². The third-order valence-corrected chi connectivity index (χ3v) is 2.73. The van der Waals surface area contributed by atoms with Gasteiger partial charge in [-0.3, -0.25) is 0 Å². The average Bonchev–Trinajstić information content (AvgIpc) is 2.37. The lowest BCUT2D eigenvalue weighted by Gasteiger charge is -2.07. The van der Waals surface area contributed by atoms with Gasteiger partial charge >= 0.3 is 5.97 Å². The summed E-state index contributed by atoms with van der Waals surface area (Å²) in [6.07, 6.45) is 0. The molecule has 0 saturated carbocycles. The number of hydrogen-bond acceptors (Lipinski definition) is 2. The monoisotopic (exact) mass is 262 g/mol. The third kappa shape index (κ3) is 3.02. The van der Waals surface area contributed by atoms with E-state index >= 15 is 0 Å². The minimum Gasteiger partial charge on any atom is -0.489 e. The first-order valence-corrected chi connectivity index (χ1v) is 5.74. The van der Waals surface area contributed by atoms with Crippen molar-refractivity contribution in [2.75, 3.05) is 0 Å². The second kappa shape index (κ2) is 5.56. The summed E-state index contributed by atoms with van der Waals surface area (Å²) in [5, 5.41) is 9.07. The lowest BCUT2D eigenvalue weighted by molar-refractivity contribution is 0.0697. The molecular formula is C14H11ClO3. The molecule has 18 heavy (non-hydrogen) atoms. The molecule has 1 N–H and O–H groups in total. The molecule has 0 bridgehead atoms. The van der Waals surface area contributed by atoms with E-state index in [1.165, 1.54) is 6.07 Å². The Kier molecular flexibility index (Phi) is 3.85. The minimum atomic E-state index is -1.03. The first-order valence-electron chi connectivity index (χ1n) is 5.36. The molecule has 0 fully saturated rings. The van der Waals surface area contributed by atoms with E-state index in [-0.39, 0.29) is 10.6 Å². The average molecular weight is 263 g/mol. The highest BCUT2D eigenvalue weighted by atomic mass is 35.5. The van der Waals surface area contributed by atoms with Gasteiger partial charge < -0.3 is 9.84 Å². The highest BCUT2D eigenvalue weighted by molar-refractivity contribution is 6.33. The predicted octanol–water partition coefficient (Wildman–Crippen LogP) is 3.62. The normalized spacial score (nSPS) is 10.1. The summed E-state index contributed by atoms with van der Waals surface area (Å²) in [5.74, 6) is -0.272. The smallest absolute Gasteiger partial charge is 0.337 e. The molecule has 0 atom stereocenters. The summed E-state index contributed by atoms with van der Waals surface area (Å²) in [6, 6.07) is 14.2. The summed E-state index contributed by atoms with van der Waals surface area (Å²) in [7, 11) is 0. The van der Waals surface area contributed by atoms with E-state index in [9.17, 15) is 4.79 Å². The first kappa shape index (κ1) is 12.5. The molecule has 0 unspecified atom stereocenters. The van der Waals surface area contributed by atoms with Gasteiger partial charge in [-0.2, -0.15) is 0 Å². The maximum absolute atomic E-state index is 10.8. The molecule has 2 rings (SSSR count). The van der Waals surface area contributed by atoms with Crippen LogP contribution < -0.4 is 4.74 Å². The van der Waals surface area contributed by atoms with E-state index in [4.69, 9.17) is 21.4 Å². The number of carboxylic acids is 1. The number of rotatable bonds is 4. The third-order valence-electron chi connectivity index (χ3n) is 2.41. The summed E-state index contributed by atoms with van der Waals surface area (Å²) in [4.78, 5) is 10.8. The van der Waals surface area contributed by atoms with E-state index in [1.807, 2.05) is 30.3 Å². The van der Waals surface area contributed by atoms with Crippen LogP contribution in [0.3, 0.4) is 0 Å². The molecular weight excluding hydrogens is 252 g/mol. The Labute approximate surface area is 110 Å². The molecule has 2 aromatic rings. The summed E-state index contributed by atoms with van der Waals surface area (Å²) in [6.45, 7) is 0.351. The van der Waals surface area contributed by atoms with Crippen molar-refractivity contribution < 1.29 is 14.6 Å². The fourth-order valence-corrected chi connectivity index (χ4v) is 1.79. The predicted molar refractivity (Wildman–Crippen MR) is 69.2 cm³/mol. The molecule has 0 aliphatic rings. The Balaban J connectivity index is 2.07. The van der Waals surface area contributed by atoms with Crippen LogP contribution in [-0.2, 0) is 6.61 Å². The summed E-state index contributed by atoms with van der Waals surface area (Å²) in [5.41, 5.74) is 0.925. The van der Waals surface area contributed by atoms with E-state index in [0.717, 1.165) is 11.3 Å². The number of halogens is 1. The first-order chi connectivity index (χ1) is 8.66. The summed E-state index contributed by atoms with van der Waals surface area (Å²) >= 11 is 5.87. The highest BCUT2D eigenvalue weighted by Crippen LogP contribution is 2.19. The number of benzene rings is 2. The van der Waals surface area contributed by atoms with E-state index in [1.54, 1.807) is 12.1 Å².